The first-order valence-corrected chi connectivity index (χ1v) is 4.53. The Morgan fingerprint density at radius 2 is 1.38 bits per heavy atom. The van der Waals surface area contributed by atoms with Crippen LogP contribution in [0, 0.1) is 11.8 Å². The van der Waals surface area contributed by atoms with Gasteiger partial charge in [-0.1, -0.05) is 0 Å². The summed E-state index contributed by atoms with van der Waals surface area (Å²) in [4.78, 5) is 20.4. The van der Waals surface area contributed by atoms with Crippen molar-refractivity contribution in [2.45, 2.75) is 32.1 Å². The van der Waals surface area contributed by atoms with E-state index in [0.717, 1.165) is 6.42 Å². The molecule has 2 unspecified atom stereocenters. The van der Waals surface area contributed by atoms with Crippen LogP contribution in [0.25, 0.3) is 0 Å². The number of aliphatic carboxylic acids is 2. The average Bonchev–Trinajstić information content (AvgIpc) is 2.76. The standard InChI is InChI=1S/C9H14O4/c10-8(11)3-1-6-5-7(6)2-4-9(12)13/h6-7H,1-5H2,(H,10,11)(H,12,13). The average molecular weight is 186 g/mol. The number of hydrogen-bond acceptors (Lipinski definition) is 2. The van der Waals surface area contributed by atoms with Crippen molar-refractivity contribution >= 4 is 11.9 Å². The summed E-state index contributed by atoms with van der Waals surface area (Å²) in [6.45, 7) is 0. The highest BCUT2D eigenvalue weighted by atomic mass is 16.4. The normalized spacial score (nSPS) is 25.5. The Hall–Kier alpha value is -1.06. The minimum atomic E-state index is -0.760. The molecule has 0 radical (unpaired) electrons. The molecule has 1 saturated carbocycles. The zero-order chi connectivity index (χ0) is 9.84. The van der Waals surface area contributed by atoms with Gasteiger partial charge in [-0.15, -0.1) is 0 Å². The maximum absolute atomic E-state index is 10.2. The second-order valence-corrected chi connectivity index (χ2v) is 3.62. The fraction of sp³-hybridized carbons (Fsp3) is 0.778. The molecule has 2 N–H and O–H groups in total. The van der Waals surface area contributed by atoms with Gasteiger partial charge in [0.15, 0.2) is 0 Å². The van der Waals surface area contributed by atoms with Crippen LogP contribution in [0.15, 0.2) is 0 Å². The van der Waals surface area contributed by atoms with Gasteiger partial charge >= 0.3 is 11.9 Å². The molecule has 0 spiro atoms. The Balaban J connectivity index is 2.02. The molecule has 4 nitrogen and oxygen atoms in total. The van der Waals surface area contributed by atoms with E-state index in [4.69, 9.17) is 10.2 Å². The highest BCUT2D eigenvalue weighted by molar-refractivity contribution is 5.67. The van der Waals surface area contributed by atoms with E-state index < -0.39 is 11.9 Å². The van der Waals surface area contributed by atoms with Gasteiger partial charge in [-0.25, -0.2) is 0 Å². The van der Waals surface area contributed by atoms with Crippen molar-refractivity contribution in [3.63, 3.8) is 0 Å². The van der Waals surface area contributed by atoms with Gasteiger partial charge in [-0.05, 0) is 31.1 Å². The summed E-state index contributed by atoms with van der Waals surface area (Å²) < 4.78 is 0. The van der Waals surface area contributed by atoms with Crippen LogP contribution in [0.5, 0.6) is 0 Å². The van der Waals surface area contributed by atoms with E-state index in [1.54, 1.807) is 0 Å². The zero-order valence-electron chi connectivity index (χ0n) is 7.40. The van der Waals surface area contributed by atoms with Crippen molar-refractivity contribution < 1.29 is 19.8 Å². The van der Waals surface area contributed by atoms with Crippen molar-refractivity contribution in [1.29, 1.82) is 0 Å². The smallest absolute Gasteiger partial charge is 0.303 e. The van der Waals surface area contributed by atoms with Crippen LogP contribution in [0.4, 0.5) is 0 Å². The first-order valence-electron chi connectivity index (χ1n) is 4.53. The molecule has 0 aromatic carbocycles. The molecule has 0 aromatic rings. The molecule has 0 bridgehead atoms. The SMILES string of the molecule is O=C(O)CCC1CC1CCC(=O)O. The van der Waals surface area contributed by atoms with Gasteiger partial charge in [0.25, 0.3) is 0 Å². The third kappa shape index (κ3) is 3.92. The summed E-state index contributed by atoms with van der Waals surface area (Å²) in [6.07, 6.45) is 2.86. The lowest BCUT2D eigenvalue weighted by molar-refractivity contribution is -0.138. The van der Waals surface area contributed by atoms with Gasteiger partial charge in [0.2, 0.25) is 0 Å². The van der Waals surface area contributed by atoms with Crippen LogP contribution in [0.1, 0.15) is 32.1 Å². The van der Waals surface area contributed by atoms with Crippen LogP contribution in [-0.2, 0) is 9.59 Å². The number of rotatable bonds is 6. The van der Waals surface area contributed by atoms with Crippen LogP contribution >= 0.6 is 0 Å². The molecule has 2 atom stereocenters. The van der Waals surface area contributed by atoms with Crippen LogP contribution in [0.2, 0.25) is 0 Å². The van der Waals surface area contributed by atoms with Gasteiger partial charge in [0.05, 0.1) is 0 Å². The monoisotopic (exact) mass is 186 g/mol. The van der Waals surface area contributed by atoms with Crippen LogP contribution in [0.3, 0.4) is 0 Å². The number of carboxylic acids is 2. The van der Waals surface area contributed by atoms with Crippen LogP contribution in [-0.4, -0.2) is 22.2 Å². The molecule has 0 aliphatic heterocycles. The first-order chi connectivity index (χ1) is 6.09. The molecule has 1 aliphatic carbocycles. The molecule has 1 rings (SSSR count). The fourth-order valence-corrected chi connectivity index (χ4v) is 1.64. The minimum absolute atomic E-state index is 0.217. The molecule has 0 amide bonds. The van der Waals surface area contributed by atoms with Gasteiger partial charge in [-0.2, -0.15) is 0 Å². The summed E-state index contributed by atoms with van der Waals surface area (Å²) in [5.41, 5.74) is 0. The molecule has 0 aromatic heterocycles. The molecule has 4 heteroatoms. The molecule has 0 saturated heterocycles. The second-order valence-electron chi connectivity index (χ2n) is 3.62. The second kappa shape index (κ2) is 4.25. The summed E-state index contributed by atoms with van der Waals surface area (Å²) in [5, 5.41) is 16.8. The highest BCUT2D eigenvalue weighted by Gasteiger charge is 2.36. The minimum Gasteiger partial charge on any atom is -0.481 e. The molecule has 13 heavy (non-hydrogen) atoms. The summed E-state index contributed by atoms with van der Waals surface area (Å²) >= 11 is 0. The summed E-state index contributed by atoms with van der Waals surface area (Å²) in [7, 11) is 0. The van der Waals surface area contributed by atoms with E-state index in [2.05, 4.69) is 0 Å². The summed E-state index contributed by atoms with van der Waals surface area (Å²) in [6, 6.07) is 0. The van der Waals surface area contributed by atoms with Gasteiger partial charge in [-0.3, -0.25) is 9.59 Å². The molecule has 74 valence electrons. The highest BCUT2D eigenvalue weighted by Crippen LogP contribution is 2.45. The van der Waals surface area contributed by atoms with E-state index >= 15 is 0 Å². The lowest BCUT2D eigenvalue weighted by Crippen LogP contribution is -1.97. The van der Waals surface area contributed by atoms with E-state index in [-0.39, 0.29) is 12.8 Å². The van der Waals surface area contributed by atoms with Gasteiger partial charge in [0.1, 0.15) is 0 Å². The molecule has 1 aliphatic rings. The molecule has 1 fully saturated rings. The van der Waals surface area contributed by atoms with E-state index in [0.29, 0.717) is 24.7 Å². The predicted molar refractivity (Wildman–Crippen MR) is 45.3 cm³/mol. The van der Waals surface area contributed by atoms with Gasteiger partial charge in [0, 0.05) is 12.8 Å². The first kappa shape index (κ1) is 10.0. The van der Waals surface area contributed by atoms with Gasteiger partial charge < -0.3 is 10.2 Å². The van der Waals surface area contributed by atoms with Crippen molar-refractivity contribution in [2.75, 3.05) is 0 Å². The van der Waals surface area contributed by atoms with E-state index in [1.807, 2.05) is 0 Å². The molecule has 0 heterocycles. The Labute approximate surface area is 76.6 Å². The zero-order valence-corrected chi connectivity index (χ0v) is 7.40. The molecular formula is C9H14O4. The fourth-order valence-electron chi connectivity index (χ4n) is 1.64. The Kier molecular flexibility index (Phi) is 3.28. The van der Waals surface area contributed by atoms with Crippen LogP contribution < -0.4 is 0 Å². The number of carbonyl (C=O) groups is 2. The van der Waals surface area contributed by atoms with Crippen molar-refractivity contribution in [2.24, 2.45) is 11.8 Å². The third-order valence-corrected chi connectivity index (χ3v) is 2.53. The lowest BCUT2D eigenvalue weighted by Gasteiger charge is -1.95. The Morgan fingerprint density at radius 3 is 1.69 bits per heavy atom. The quantitative estimate of drug-likeness (QED) is 0.656. The maximum atomic E-state index is 10.2. The van der Waals surface area contributed by atoms with Crippen molar-refractivity contribution in [1.82, 2.24) is 0 Å². The number of carboxylic acid groups (broad SMARTS) is 2. The Morgan fingerprint density at radius 1 is 1.00 bits per heavy atom. The largest absolute Gasteiger partial charge is 0.481 e. The maximum Gasteiger partial charge on any atom is 0.303 e. The molecular weight excluding hydrogens is 172 g/mol. The van der Waals surface area contributed by atoms with E-state index in [9.17, 15) is 9.59 Å². The van der Waals surface area contributed by atoms with E-state index in [1.165, 1.54) is 0 Å². The third-order valence-electron chi connectivity index (χ3n) is 2.53. The van der Waals surface area contributed by atoms with Crippen molar-refractivity contribution in [3.05, 3.63) is 0 Å². The predicted octanol–water partition coefficient (Wildman–Crippen LogP) is 1.35. The van der Waals surface area contributed by atoms with Crippen molar-refractivity contribution in [3.8, 4) is 0 Å². The summed E-state index contributed by atoms with van der Waals surface area (Å²) in [5.74, 6) is -0.585. The number of hydrogen-bond donors (Lipinski definition) is 2. The topological polar surface area (TPSA) is 74.6 Å². The Bertz CT molecular complexity index is 190. The lowest BCUT2D eigenvalue weighted by atomic mass is 10.1.